The molecule has 0 bridgehead atoms. The Morgan fingerprint density at radius 3 is 2.60 bits per heavy atom. The fourth-order valence-corrected chi connectivity index (χ4v) is 1.96. The Labute approximate surface area is 93.2 Å². The predicted molar refractivity (Wildman–Crippen MR) is 62.7 cm³/mol. The van der Waals surface area contributed by atoms with Crippen molar-refractivity contribution in [3.63, 3.8) is 0 Å². The first-order chi connectivity index (χ1) is 6.91. The molecule has 0 spiro atoms. The number of carbonyl (C=O) groups is 1. The van der Waals surface area contributed by atoms with E-state index in [9.17, 15) is 4.79 Å². The lowest BCUT2D eigenvalue weighted by atomic mass is 9.95. The van der Waals surface area contributed by atoms with E-state index in [4.69, 9.17) is 0 Å². The van der Waals surface area contributed by atoms with Crippen LogP contribution in [-0.2, 0) is 4.79 Å². The van der Waals surface area contributed by atoms with Gasteiger partial charge in [-0.15, -0.1) is 0 Å². The van der Waals surface area contributed by atoms with E-state index in [2.05, 4.69) is 17.3 Å². The summed E-state index contributed by atoms with van der Waals surface area (Å²) in [4.78, 5) is 14.0. The molecule has 0 aromatic carbocycles. The lowest BCUT2D eigenvalue weighted by molar-refractivity contribution is -0.128. The number of nitrogens with one attached hydrogen (secondary N) is 1. The zero-order chi connectivity index (χ0) is 11.5. The van der Waals surface area contributed by atoms with Gasteiger partial charge in [0.1, 0.15) is 0 Å². The van der Waals surface area contributed by atoms with Crippen molar-refractivity contribution >= 4 is 5.91 Å². The number of nitrogens with zero attached hydrogens (tertiary/aromatic N) is 1. The van der Waals surface area contributed by atoms with Crippen molar-refractivity contribution in [3.05, 3.63) is 0 Å². The van der Waals surface area contributed by atoms with E-state index >= 15 is 0 Å². The molecule has 1 saturated heterocycles. The molecular formula is C12H24N2O. The van der Waals surface area contributed by atoms with Crippen LogP contribution in [0.3, 0.4) is 0 Å². The van der Waals surface area contributed by atoms with E-state index in [1.165, 1.54) is 19.4 Å². The molecular weight excluding hydrogens is 188 g/mol. The van der Waals surface area contributed by atoms with Crippen molar-refractivity contribution in [2.24, 2.45) is 5.41 Å². The van der Waals surface area contributed by atoms with Crippen LogP contribution in [-0.4, -0.2) is 37.0 Å². The Kier molecular flexibility index (Phi) is 4.14. The van der Waals surface area contributed by atoms with Crippen LogP contribution in [0.1, 0.15) is 40.0 Å². The molecule has 0 radical (unpaired) electrons. The highest BCUT2D eigenvalue weighted by Gasteiger charge is 2.23. The molecule has 1 heterocycles. The SMILES string of the molecule is CN1CCCC1CCNC(=O)C(C)(C)C. The molecule has 1 amide bonds. The van der Waals surface area contributed by atoms with Crippen LogP contribution in [0.4, 0.5) is 0 Å². The highest BCUT2D eigenvalue weighted by atomic mass is 16.2. The minimum absolute atomic E-state index is 0.156. The number of carbonyl (C=O) groups excluding carboxylic acids is 1. The number of amides is 1. The molecule has 1 fully saturated rings. The third-order valence-electron chi connectivity index (χ3n) is 3.12. The van der Waals surface area contributed by atoms with Gasteiger partial charge in [0.05, 0.1) is 0 Å². The zero-order valence-electron chi connectivity index (χ0n) is 10.5. The first kappa shape index (κ1) is 12.5. The number of hydrogen-bond donors (Lipinski definition) is 1. The minimum atomic E-state index is -0.262. The molecule has 0 aromatic heterocycles. The fourth-order valence-electron chi connectivity index (χ4n) is 1.96. The average molecular weight is 212 g/mol. The summed E-state index contributed by atoms with van der Waals surface area (Å²) >= 11 is 0. The van der Waals surface area contributed by atoms with Gasteiger partial charge in [-0.3, -0.25) is 4.79 Å². The van der Waals surface area contributed by atoms with E-state index < -0.39 is 0 Å². The van der Waals surface area contributed by atoms with Crippen molar-refractivity contribution in [1.82, 2.24) is 10.2 Å². The van der Waals surface area contributed by atoms with E-state index in [1.807, 2.05) is 20.8 Å². The lowest BCUT2D eigenvalue weighted by Crippen LogP contribution is -2.37. The molecule has 1 rings (SSSR count). The standard InChI is InChI=1S/C12H24N2O/c1-12(2,3)11(15)13-8-7-10-6-5-9-14(10)4/h10H,5-9H2,1-4H3,(H,13,15). The minimum Gasteiger partial charge on any atom is -0.356 e. The molecule has 1 aliphatic rings. The van der Waals surface area contributed by atoms with Gasteiger partial charge in [-0.25, -0.2) is 0 Å². The summed E-state index contributed by atoms with van der Waals surface area (Å²) in [5.74, 6) is 0.156. The Hall–Kier alpha value is -0.570. The summed E-state index contributed by atoms with van der Waals surface area (Å²) in [6.07, 6.45) is 3.66. The van der Waals surface area contributed by atoms with Crippen LogP contribution in [0.15, 0.2) is 0 Å². The Balaban J connectivity index is 2.19. The van der Waals surface area contributed by atoms with Crippen molar-refractivity contribution in [3.8, 4) is 0 Å². The van der Waals surface area contributed by atoms with Crippen molar-refractivity contribution in [2.75, 3.05) is 20.1 Å². The van der Waals surface area contributed by atoms with Gasteiger partial charge >= 0.3 is 0 Å². The molecule has 0 saturated carbocycles. The van der Waals surface area contributed by atoms with Crippen LogP contribution in [0.25, 0.3) is 0 Å². The Morgan fingerprint density at radius 2 is 2.13 bits per heavy atom. The number of likely N-dealkylation sites (tertiary alicyclic amines) is 1. The van der Waals surface area contributed by atoms with Gasteiger partial charge in [0.2, 0.25) is 5.91 Å². The van der Waals surface area contributed by atoms with E-state index in [1.54, 1.807) is 0 Å². The maximum Gasteiger partial charge on any atom is 0.225 e. The van der Waals surface area contributed by atoms with Crippen molar-refractivity contribution in [1.29, 1.82) is 0 Å². The van der Waals surface area contributed by atoms with E-state index in [-0.39, 0.29) is 11.3 Å². The van der Waals surface area contributed by atoms with E-state index in [0.717, 1.165) is 13.0 Å². The van der Waals surface area contributed by atoms with Crippen molar-refractivity contribution in [2.45, 2.75) is 46.1 Å². The molecule has 0 aliphatic carbocycles. The molecule has 1 atom stereocenters. The predicted octanol–water partition coefficient (Wildman–Crippen LogP) is 1.63. The molecule has 1 N–H and O–H groups in total. The summed E-state index contributed by atoms with van der Waals surface area (Å²) in [5, 5.41) is 3.00. The highest BCUT2D eigenvalue weighted by molar-refractivity contribution is 5.81. The molecule has 88 valence electrons. The van der Waals surface area contributed by atoms with Gasteiger partial charge in [-0.05, 0) is 32.9 Å². The third-order valence-corrected chi connectivity index (χ3v) is 3.12. The summed E-state index contributed by atoms with van der Waals surface area (Å²) in [7, 11) is 2.17. The third kappa shape index (κ3) is 3.82. The second-order valence-corrected chi connectivity index (χ2v) is 5.57. The molecule has 3 heteroatoms. The topological polar surface area (TPSA) is 32.3 Å². The second-order valence-electron chi connectivity index (χ2n) is 5.57. The van der Waals surface area contributed by atoms with Crippen LogP contribution in [0.2, 0.25) is 0 Å². The molecule has 3 nitrogen and oxygen atoms in total. The monoisotopic (exact) mass is 212 g/mol. The largest absolute Gasteiger partial charge is 0.356 e. The Morgan fingerprint density at radius 1 is 1.47 bits per heavy atom. The highest BCUT2D eigenvalue weighted by Crippen LogP contribution is 2.17. The van der Waals surface area contributed by atoms with Gasteiger partial charge in [-0.2, -0.15) is 0 Å². The summed E-state index contributed by atoms with van der Waals surface area (Å²) in [6, 6.07) is 0.672. The normalized spacial score (nSPS) is 23.1. The van der Waals surface area contributed by atoms with Gasteiger partial charge < -0.3 is 10.2 Å². The van der Waals surface area contributed by atoms with Crippen LogP contribution in [0, 0.1) is 5.41 Å². The molecule has 15 heavy (non-hydrogen) atoms. The molecule has 1 aliphatic heterocycles. The van der Waals surface area contributed by atoms with Gasteiger partial charge in [-0.1, -0.05) is 20.8 Å². The van der Waals surface area contributed by atoms with E-state index in [0.29, 0.717) is 6.04 Å². The van der Waals surface area contributed by atoms with Gasteiger partial charge in [0.25, 0.3) is 0 Å². The summed E-state index contributed by atoms with van der Waals surface area (Å²) < 4.78 is 0. The second kappa shape index (κ2) is 4.97. The van der Waals surface area contributed by atoms with Crippen LogP contribution >= 0.6 is 0 Å². The average Bonchev–Trinajstić information content (AvgIpc) is 2.50. The smallest absolute Gasteiger partial charge is 0.225 e. The maximum absolute atomic E-state index is 11.6. The zero-order valence-corrected chi connectivity index (χ0v) is 10.5. The molecule has 0 aromatic rings. The van der Waals surface area contributed by atoms with Gasteiger partial charge in [0, 0.05) is 18.0 Å². The summed E-state index contributed by atoms with van der Waals surface area (Å²) in [5.41, 5.74) is -0.262. The quantitative estimate of drug-likeness (QED) is 0.771. The first-order valence-electron chi connectivity index (χ1n) is 5.90. The molecule has 1 unspecified atom stereocenters. The van der Waals surface area contributed by atoms with Crippen molar-refractivity contribution < 1.29 is 4.79 Å². The van der Waals surface area contributed by atoms with Crippen LogP contribution in [0.5, 0.6) is 0 Å². The lowest BCUT2D eigenvalue weighted by Gasteiger charge is -2.21. The fraction of sp³-hybridized carbons (Fsp3) is 0.917. The Bertz CT molecular complexity index is 220. The summed E-state index contributed by atoms with van der Waals surface area (Å²) in [6.45, 7) is 7.86. The van der Waals surface area contributed by atoms with Crippen LogP contribution < -0.4 is 5.32 Å². The first-order valence-corrected chi connectivity index (χ1v) is 5.90. The number of rotatable bonds is 3. The van der Waals surface area contributed by atoms with Gasteiger partial charge in [0.15, 0.2) is 0 Å². The number of hydrogen-bond acceptors (Lipinski definition) is 2. The maximum atomic E-state index is 11.6.